The molecule has 0 aliphatic rings. The Kier molecular flexibility index (Phi) is 7.20. The molecule has 0 fully saturated rings. The van der Waals surface area contributed by atoms with Crippen molar-refractivity contribution in [1.29, 1.82) is 5.26 Å². The number of nitriles is 1. The smallest absolute Gasteiger partial charge is 0.161 e. The molecule has 1 N–H and O–H groups in total. The first kappa shape index (κ1) is 18.3. The lowest BCUT2D eigenvalue weighted by Crippen LogP contribution is -2.32. The van der Waals surface area contributed by atoms with E-state index in [0.717, 1.165) is 31.5 Å². The number of hydrogen-bond acceptors (Lipinski definition) is 4. The van der Waals surface area contributed by atoms with Crippen LogP contribution in [0, 0.1) is 17.2 Å². The van der Waals surface area contributed by atoms with Crippen LogP contribution in [0.25, 0.3) is 0 Å². The van der Waals surface area contributed by atoms with Gasteiger partial charge in [0, 0.05) is 0 Å². The highest BCUT2D eigenvalue weighted by Gasteiger charge is 2.36. The quantitative estimate of drug-likeness (QED) is 0.709. The van der Waals surface area contributed by atoms with E-state index in [-0.39, 0.29) is 5.92 Å². The third-order valence-electron chi connectivity index (χ3n) is 4.26. The van der Waals surface area contributed by atoms with Gasteiger partial charge in [0.15, 0.2) is 11.5 Å². The summed E-state index contributed by atoms with van der Waals surface area (Å²) in [6.07, 6.45) is 1.79. The van der Waals surface area contributed by atoms with E-state index in [0.29, 0.717) is 11.5 Å². The molecule has 0 saturated carbocycles. The van der Waals surface area contributed by atoms with Crippen LogP contribution in [0.15, 0.2) is 18.2 Å². The molecule has 22 heavy (non-hydrogen) atoms. The Balaban J connectivity index is 3.14. The summed E-state index contributed by atoms with van der Waals surface area (Å²) in [5.74, 6) is 1.58. The van der Waals surface area contributed by atoms with Crippen LogP contribution >= 0.6 is 0 Å². The molecule has 1 aromatic rings. The summed E-state index contributed by atoms with van der Waals surface area (Å²) in [5, 5.41) is 13.2. The Morgan fingerprint density at radius 1 is 1.23 bits per heavy atom. The van der Waals surface area contributed by atoms with Crippen molar-refractivity contribution in [2.24, 2.45) is 5.92 Å². The number of ether oxygens (including phenoxy) is 2. The second kappa shape index (κ2) is 8.65. The molecule has 0 bridgehead atoms. The van der Waals surface area contributed by atoms with E-state index >= 15 is 0 Å². The zero-order valence-electron chi connectivity index (χ0n) is 14.4. The van der Waals surface area contributed by atoms with Gasteiger partial charge in [-0.15, -0.1) is 0 Å². The van der Waals surface area contributed by atoms with Crippen molar-refractivity contribution in [3.05, 3.63) is 23.8 Å². The lowest BCUT2D eigenvalue weighted by Gasteiger charge is -2.32. The zero-order chi connectivity index (χ0) is 16.6. The van der Waals surface area contributed by atoms with Crippen LogP contribution in [0.4, 0.5) is 0 Å². The summed E-state index contributed by atoms with van der Waals surface area (Å²) in [6.45, 7) is 8.19. The summed E-state index contributed by atoms with van der Waals surface area (Å²) in [5.41, 5.74) is 0.494. The molecule has 4 heteroatoms. The fourth-order valence-electron chi connectivity index (χ4n) is 2.80. The molecule has 0 aromatic heterocycles. The van der Waals surface area contributed by atoms with Crippen LogP contribution < -0.4 is 14.8 Å². The predicted octanol–water partition coefficient (Wildman–Crippen LogP) is 3.51. The minimum atomic E-state index is -0.505. The lowest BCUT2D eigenvalue weighted by atomic mass is 9.70. The topological polar surface area (TPSA) is 54.3 Å². The van der Waals surface area contributed by atoms with E-state index in [1.165, 1.54) is 0 Å². The highest BCUT2D eigenvalue weighted by Crippen LogP contribution is 2.40. The van der Waals surface area contributed by atoms with E-state index < -0.39 is 5.41 Å². The molecule has 0 heterocycles. The Bertz CT molecular complexity index is 508. The van der Waals surface area contributed by atoms with Crippen LogP contribution in [0.2, 0.25) is 0 Å². The SMILES string of the molecule is CCNCCCC(C#N)(c1ccc(OC)c(OC)c1)C(C)C. The van der Waals surface area contributed by atoms with E-state index in [9.17, 15) is 5.26 Å². The molecular formula is C18H28N2O2. The Morgan fingerprint density at radius 2 is 1.91 bits per heavy atom. The third-order valence-corrected chi connectivity index (χ3v) is 4.26. The first-order valence-corrected chi connectivity index (χ1v) is 7.90. The van der Waals surface area contributed by atoms with E-state index in [1.54, 1.807) is 14.2 Å². The van der Waals surface area contributed by atoms with Crippen molar-refractivity contribution >= 4 is 0 Å². The summed E-state index contributed by atoms with van der Waals surface area (Å²) in [7, 11) is 3.24. The maximum absolute atomic E-state index is 9.90. The maximum atomic E-state index is 9.90. The van der Waals surface area contributed by atoms with Gasteiger partial charge in [-0.05, 0) is 49.5 Å². The van der Waals surface area contributed by atoms with Gasteiger partial charge in [0.2, 0.25) is 0 Å². The van der Waals surface area contributed by atoms with Gasteiger partial charge >= 0.3 is 0 Å². The molecular weight excluding hydrogens is 276 g/mol. The molecule has 0 aliphatic carbocycles. The van der Waals surface area contributed by atoms with Crippen LogP contribution in [0.5, 0.6) is 11.5 Å². The van der Waals surface area contributed by atoms with Gasteiger partial charge in [-0.2, -0.15) is 5.26 Å². The maximum Gasteiger partial charge on any atom is 0.161 e. The monoisotopic (exact) mass is 304 g/mol. The third kappa shape index (κ3) is 3.92. The van der Waals surface area contributed by atoms with Crippen molar-refractivity contribution in [2.75, 3.05) is 27.3 Å². The molecule has 1 unspecified atom stereocenters. The molecule has 1 rings (SSSR count). The number of nitrogens with one attached hydrogen (secondary N) is 1. The summed E-state index contributed by atoms with van der Waals surface area (Å²) in [6, 6.07) is 8.38. The van der Waals surface area contributed by atoms with Crippen LogP contribution in [0.3, 0.4) is 0 Å². The second-order valence-electron chi connectivity index (χ2n) is 5.76. The average Bonchev–Trinajstić information content (AvgIpc) is 2.54. The molecule has 1 aromatic carbocycles. The molecule has 122 valence electrons. The van der Waals surface area contributed by atoms with E-state index in [2.05, 4.69) is 32.2 Å². The van der Waals surface area contributed by atoms with Gasteiger partial charge in [-0.25, -0.2) is 0 Å². The standard InChI is InChI=1S/C18H28N2O2/c1-6-20-11-7-10-18(13-19,14(2)3)15-8-9-16(21-4)17(12-15)22-5/h8-9,12,14,20H,6-7,10-11H2,1-5H3. The normalized spacial score (nSPS) is 13.5. The number of rotatable bonds is 9. The fraction of sp³-hybridized carbons (Fsp3) is 0.611. The lowest BCUT2D eigenvalue weighted by molar-refractivity contribution is 0.341. The van der Waals surface area contributed by atoms with Gasteiger partial charge in [0.05, 0.1) is 25.7 Å². The second-order valence-corrected chi connectivity index (χ2v) is 5.76. The average molecular weight is 304 g/mol. The number of methoxy groups -OCH3 is 2. The van der Waals surface area contributed by atoms with Crippen molar-refractivity contribution in [2.45, 2.75) is 39.0 Å². The van der Waals surface area contributed by atoms with E-state index in [4.69, 9.17) is 9.47 Å². The first-order valence-electron chi connectivity index (χ1n) is 7.90. The van der Waals surface area contributed by atoms with Crippen LogP contribution in [-0.2, 0) is 5.41 Å². The molecule has 1 atom stereocenters. The first-order chi connectivity index (χ1) is 10.6. The Morgan fingerprint density at radius 3 is 2.41 bits per heavy atom. The highest BCUT2D eigenvalue weighted by atomic mass is 16.5. The predicted molar refractivity (Wildman–Crippen MR) is 89.5 cm³/mol. The molecule has 0 saturated heterocycles. The molecule has 4 nitrogen and oxygen atoms in total. The van der Waals surface area contributed by atoms with Crippen LogP contribution in [-0.4, -0.2) is 27.3 Å². The highest BCUT2D eigenvalue weighted by molar-refractivity contribution is 5.47. The number of nitrogens with zero attached hydrogens (tertiary/aromatic N) is 1. The molecule has 0 aliphatic heterocycles. The van der Waals surface area contributed by atoms with Gasteiger partial charge in [-0.1, -0.05) is 26.8 Å². The fourth-order valence-corrected chi connectivity index (χ4v) is 2.80. The largest absolute Gasteiger partial charge is 0.493 e. The van der Waals surface area contributed by atoms with Crippen molar-refractivity contribution in [3.63, 3.8) is 0 Å². The number of hydrogen-bond donors (Lipinski definition) is 1. The van der Waals surface area contributed by atoms with Crippen molar-refractivity contribution < 1.29 is 9.47 Å². The van der Waals surface area contributed by atoms with Crippen molar-refractivity contribution in [1.82, 2.24) is 5.32 Å². The minimum Gasteiger partial charge on any atom is -0.493 e. The minimum absolute atomic E-state index is 0.220. The van der Waals surface area contributed by atoms with Crippen LogP contribution in [0.1, 0.15) is 39.2 Å². The summed E-state index contributed by atoms with van der Waals surface area (Å²) >= 11 is 0. The molecule has 0 amide bonds. The van der Waals surface area contributed by atoms with Gasteiger partial charge < -0.3 is 14.8 Å². The summed E-state index contributed by atoms with van der Waals surface area (Å²) < 4.78 is 10.7. The molecule has 0 radical (unpaired) electrons. The number of benzene rings is 1. The molecule has 0 spiro atoms. The zero-order valence-corrected chi connectivity index (χ0v) is 14.4. The Labute approximate surface area is 134 Å². The van der Waals surface area contributed by atoms with Gasteiger partial charge in [-0.3, -0.25) is 0 Å². The van der Waals surface area contributed by atoms with Gasteiger partial charge in [0.25, 0.3) is 0 Å². The van der Waals surface area contributed by atoms with E-state index in [1.807, 2.05) is 18.2 Å². The summed E-state index contributed by atoms with van der Waals surface area (Å²) in [4.78, 5) is 0. The Hall–Kier alpha value is -1.73. The van der Waals surface area contributed by atoms with Gasteiger partial charge in [0.1, 0.15) is 0 Å². The van der Waals surface area contributed by atoms with Crippen molar-refractivity contribution in [3.8, 4) is 17.6 Å².